The van der Waals surface area contributed by atoms with E-state index < -0.39 is 12.0 Å². The van der Waals surface area contributed by atoms with Crippen molar-refractivity contribution in [2.45, 2.75) is 25.4 Å². The van der Waals surface area contributed by atoms with E-state index in [1.54, 1.807) is 18.2 Å². The van der Waals surface area contributed by atoms with E-state index in [4.69, 9.17) is 10.8 Å². The van der Waals surface area contributed by atoms with Crippen LogP contribution in [0.2, 0.25) is 0 Å². The lowest BCUT2D eigenvalue weighted by molar-refractivity contribution is -0.138. The lowest BCUT2D eigenvalue weighted by Gasteiger charge is -2.08. The van der Waals surface area contributed by atoms with Crippen LogP contribution in [0.5, 0.6) is 0 Å². The van der Waals surface area contributed by atoms with Gasteiger partial charge in [-0.05, 0) is 12.5 Å². The first-order chi connectivity index (χ1) is 8.50. The van der Waals surface area contributed by atoms with Crippen LogP contribution in [-0.2, 0) is 16.1 Å². The molecule has 1 rings (SSSR count). The van der Waals surface area contributed by atoms with Crippen molar-refractivity contribution >= 4 is 11.9 Å². The van der Waals surface area contributed by atoms with Crippen LogP contribution in [0.4, 0.5) is 4.39 Å². The van der Waals surface area contributed by atoms with Gasteiger partial charge in [0, 0.05) is 18.5 Å². The van der Waals surface area contributed by atoms with Gasteiger partial charge in [0.15, 0.2) is 0 Å². The van der Waals surface area contributed by atoms with Gasteiger partial charge in [0.05, 0.1) is 0 Å². The second kappa shape index (κ2) is 6.70. The summed E-state index contributed by atoms with van der Waals surface area (Å²) in [6, 6.07) is 5.06. The average molecular weight is 254 g/mol. The normalized spacial score (nSPS) is 11.9. The smallest absolute Gasteiger partial charge is 0.320 e. The number of carboxylic acids is 1. The zero-order chi connectivity index (χ0) is 13.5. The number of aliphatic carboxylic acids is 1. The van der Waals surface area contributed by atoms with Gasteiger partial charge in [0.1, 0.15) is 11.9 Å². The van der Waals surface area contributed by atoms with Gasteiger partial charge in [-0.25, -0.2) is 4.39 Å². The van der Waals surface area contributed by atoms with Crippen LogP contribution in [0.3, 0.4) is 0 Å². The molecular weight excluding hydrogens is 239 g/mol. The summed E-state index contributed by atoms with van der Waals surface area (Å²) in [5, 5.41) is 11.0. The van der Waals surface area contributed by atoms with Crippen LogP contribution in [0.15, 0.2) is 24.3 Å². The molecule has 18 heavy (non-hydrogen) atoms. The molecule has 1 aromatic rings. The van der Waals surface area contributed by atoms with Gasteiger partial charge < -0.3 is 16.2 Å². The molecule has 0 aromatic heterocycles. The van der Waals surface area contributed by atoms with E-state index in [2.05, 4.69) is 5.32 Å². The number of carboxylic acid groups (broad SMARTS) is 1. The van der Waals surface area contributed by atoms with Crippen LogP contribution in [0.25, 0.3) is 0 Å². The lowest BCUT2D eigenvalue weighted by Crippen LogP contribution is -2.32. The predicted octanol–water partition coefficient (Wildman–Crippen LogP) is 0.634. The summed E-state index contributed by atoms with van der Waals surface area (Å²) in [6.45, 7) is 0.0772. The number of rotatable bonds is 6. The van der Waals surface area contributed by atoms with Crippen molar-refractivity contribution in [3.63, 3.8) is 0 Å². The fourth-order valence-electron chi connectivity index (χ4n) is 1.33. The molecule has 0 fully saturated rings. The number of benzene rings is 1. The molecule has 98 valence electrons. The Kier molecular flexibility index (Phi) is 5.26. The zero-order valence-corrected chi connectivity index (χ0v) is 9.73. The number of nitrogens with two attached hydrogens (primary N) is 1. The van der Waals surface area contributed by atoms with Crippen LogP contribution in [-0.4, -0.2) is 23.0 Å². The largest absolute Gasteiger partial charge is 0.480 e. The zero-order valence-electron chi connectivity index (χ0n) is 9.73. The molecular formula is C12H15FN2O3. The van der Waals surface area contributed by atoms with Crippen LogP contribution < -0.4 is 11.1 Å². The van der Waals surface area contributed by atoms with Gasteiger partial charge >= 0.3 is 5.97 Å². The van der Waals surface area contributed by atoms with E-state index in [1.165, 1.54) is 6.07 Å². The van der Waals surface area contributed by atoms with Gasteiger partial charge in [-0.2, -0.15) is 0 Å². The monoisotopic (exact) mass is 254 g/mol. The Balaban J connectivity index is 2.34. The van der Waals surface area contributed by atoms with Gasteiger partial charge in [-0.3, -0.25) is 9.59 Å². The van der Waals surface area contributed by atoms with Crippen LogP contribution in [0.1, 0.15) is 18.4 Å². The standard InChI is InChI=1S/C12H15FN2O3/c13-9-4-2-1-3-8(9)7-15-11(16)6-5-10(14)12(17)18/h1-4,10H,5-7,14H2,(H,15,16)(H,17,18)/t10-/m0/s1. The van der Waals surface area contributed by atoms with Crippen molar-refractivity contribution < 1.29 is 19.1 Å². The number of hydrogen-bond acceptors (Lipinski definition) is 3. The third kappa shape index (κ3) is 4.50. The molecule has 0 saturated heterocycles. The maximum absolute atomic E-state index is 13.2. The van der Waals surface area contributed by atoms with E-state index in [9.17, 15) is 14.0 Å². The molecule has 1 aromatic carbocycles. The van der Waals surface area contributed by atoms with Crippen molar-refractivity contribution in [1.29, 1.82) is 0 Å². The quantitative estimate of drug-likeness (QED) is 0.694. The van der Waals surface area contributed by atoms with Crippen LogP contribution in [0, 0.1) is 5.82 Å². The number of amides is 1. The van der Waals surface area contributed by atoms with Crippen molar-refractivity contribution in [2.24, 2.45) is 5.73 Å². The summed E-state index contributed by atoms with van der Waals surface area (Å²) >= 11 is 0. The molecule has 0 saturated carbocycles. The molecule has 0 spiro atoms. The first kappa shape index (κ1) is 14.1. The van der Waals surface area contributed by atoms with E-state index in [0.717, 1.165) is 0 Å². The Morgan fingerprint density at radius 1 is 1.39 bits per heavy atom. The van der Waals surface area contributed by atoms with Gasteiger partial charge in [-0.15, -0.1) is 0 Å². The first-order valence-electron chi connectivity index (χ1n) is 5.49. The maximum atomic E-state index is 13.2. The molecule has 0 radical (unpaired) electrons. The molecule has 4 N–H and O–H groups in total. The summed E-state index contributed by atoms with van der Waals surface area (Å²) < 4.78 is 13.2. The average Bonchev–Trinajstić information content (AvgIpc) is 2.34. The fraction of sp³-hybridized carbons (Fsp3) is 0.333. The second-order valence-corrected chi connectivity index (χ2v) is 3.85. The van der Waals surface area contributed by atoms with E-state index in [0.29, 0.717) is 5.56 Å². The van der Waals surface area contributed by atoms with Crippen molar-refractivity contribution in [3.8, 4) is 0 Å². The molecule has 0 bridgehead atoms. The molecule has 0 aliphatic rings. The minimum atomic E-state index is -1.14. The highest BCUT2D eigenvalue weighted by Crippen LogP contribution is 2.05. The van der Waals surface area contributed by atoms with Crippen molar-refractivity contribution in [2.75, 3.05) is 0 Å². The molecule has 0 heterocycles. The van der Waals surface area contributed by atoms with Gasteiger partial charge in [-0.1, -0.05) is 18.2 Å². The Morgan fingerprint density at radius 2 is 2.06 bits per heavy atom. The molecule has 6 heteroatoms. The summed E-state index contributed by atoms with van der Waals surface area (Å²) in [5.74, 6) is -1.88. The predicted molar refractivity (Wildman–Crippen MR) is 63.1 cm³/mol. The summed E-state index contributed by atoms with van der Waals surface area (Å²) in [6.07, 6.45) is 0.0559. The maximum Gasteiger partial charge on any atom is 0.320 e. The second-order valence-electron chi connectivity index (χ2n) is 3.85. The van der Waals surface area contributed by atoms with Crippen molar-refractivity contribution in [1.82, 2.24) is 5.32 Å². The van der Waals surface area contributed by atoms with E-state index in [-0.39, 0.29) is 31.1 Å². The molecule has 0 unspecified atom stereocenters. The third-order valence-corrected chi connectivity index (χ3v) is 2.43. The number of carbonyl (C=O) groups excluding carboxylic acids is 1. The van der Waals surface area contributed by atoms with E-state index in [1.807, 2.05) is 0 Å². The Hall–Kier alpha value is -1.95. The highest BCUT2D eigenvalue weighted by atomic mass is 19.1. The minimum Gasteiger partial charge on any atom is -0.480 e. The Bertz CT molecular complexity index is 437. The topological polar surface area (TPSA) is 92.4 Å². The molecule has 0 aliphatic heterocycles. The number of carbonyl (C=O) groups is 2. The molecule has 1 atom stereocenters. The SMILES string of the molecule is N[C@@H](CCC(=O)NCc1ccccc1F)C(=O)O. The lowest BCUT2D eigenvalue weighted by atomic mass is 10.1. The highest BCUT2D eigenvalue weighted by Gasteiger charge is 2.13. The van der Waals surface area contributed by atoms with Crippen LogP contribution >= 0.6 is 0 Å². The minimum absolute atomic E-state index is 0.00190. The number of nitrogens with one attached hydrogen (secondary N) is 1. The Labute approximate surface area is 104 Å². The summed E-state index contributed by atoms with van der Waals surface area (Å²) in [4.78, 5) is 21.8. The van der Waals surface area contributed by atoms with Gasteiger partial charge in [0.2, 0.25) is 5.91 Å². The van der Waals surface area contributed by atoms with Gasteiger partial charge in [0.25, 0.3) is 0 Å². The number of hydrogen-bond donors (Lipinski definition) is 3. The van der Waals surface area contributed by atoms with Crippen molar-refractivity contribution in [3.05, 3.63) is 35.6 Å². The number of halogens is 1. The van der Waals surface area contributed by atoms with E-state index >= 15 is 0 Å². The summed E-state index contributed by atoms with van der Waals surface area (Å²) in [7, 11) is 0. The third-order valence-electron chi connectivity index (χ3n) is 2.43. The first-order valence-corrected chi connectivity index (χ1v) is 5.49. The molecule has 0 aliphatic carbocycles. The fourth-order valence-corrected chi connectivity index (χ4v) is 1.33. The Morgan fingerprint density at radius 3 is 2.67 bits per heavy atom. The summed E-state index contributed by atoms with van der Waals surface area (Å²) in [5.41, 5.74) is 5.64. The molecule has 5 nitrogen and oxygen atoms in total. The molecule has 1 amide bonds. The highest BCUT2D eigenvalue weighted by molar-refractivity contribution is 5.78.